The minimum Gasteiger partial charge on any atom is -0.493 e. The molecule has 166 valence electrons. The Labute approximate surface area is 191 Å². The van der Waals surface area contributed by atoms with Crippen LogP contribution in [0.3, 0.4) is 0 Å². The van der Waals surface area contributed by atoms with Crippen LogP contribution in [0.15, 0.2) is 33.9 Å². The Balaban J connectivity index is 1.31. The van der Waals surface area contributed by atoms with Crippen LogP contribution in [0, 0.1) is 28.6 Å². The average Bonchev–Trinajstić information content (AvgIpc) is 3.20. The van der Waals surface area contributed by atoms with Crippen molar-refractivity contribution in [2.45, 2.75) is 38.5 Å². The molecule has 7 nitrogen and oxygen atoms in total. The zero-order valence-electron chi connectivity index (χ0n) is 18.3. The van der Waals surface area contributed by atoms with Crippen LogP contribution in [-0.4, -0.2) is 41.2 Å². The van der Waals surface area contributed by atoms with Crippen molar-refractivity contribution in [2.24, 2.45) is 33.3 Å². The molecule has 8 heteroatoms. The summed E-state index contributed by atoms with van der Waals surface area (Å²) < 4.78 is 10.7. The third-order valence-corrected chi connectivity index (χ3v) is 8.82. The molecular weight excluding hydrogens is 424 g/mol. The number of nitrogens with one attached hydrogen (secondary N) is 1. The van der Waals surface area contributed by atoms with E-state index in [1.807, 2.05) is 6.07 Å². The summed E-state index contributed by atoms with van der Waals surface area (Å²) in [4.78, 5) is 17.2. The number of rotatable bonds is 4. The van der Waals surface area contributed by atoms with Crippen LogP contribution in [0.1, 0.15) is 44.1 Å². The number of hydrogen-bond donors (Lipinski definition) is 1. The summed E-state index contributed by atoms with van der Waals surface area (Å²) >= 11 is 1.51. The predicted molar refractivity (Wildman–Crippen MR) is 125 cm³/mol. The highest BCUT2D eigenvalue weighted by molar-refractivity contribution is 8.27. The van der Waals surface area contributed by atoms with Gasteiger partial charge in [-0.1, -0.05) is 6.07 Å². The van der Waals surface area contributed by atoms with Crippen LogP contribution in [0.2, 0.25) is 0 Å². The molecule has 0 aromatic heterocycles. The van der Waals surface area contributed by atoms with Gasteiger partial charge in [0.05, 0.1) is 19.8 Å². The third-order valence-electron chi connectivity index (χ3n) is 7.67. The van der Waals surface area contributed by atoms with E-state index in [-0.39, 0.29) is 16.8 Å². The minimum atomic E-state index is -0.398. The molecule has 0 saturated heterocycles. The Morgan fingerprint density at radius 3 is 2.38 bits per heavy atom. The van der Waals surface area contributed by atoms with E-state index in [0.717, 1.165) is 28.4 Å². The molecule has 32 heavy (non-hydrogen) atoms. The number of amides is 1. The zero-order valence-corrected chi connectivity index (χ0v) is 19.1. The third kappa shape index (κ3) is 3.03. The van der Waals surface area contributed by atoms with Gasteiger partial charge in [0, 0.05) is 5.41 Å². The summed E-state index contributed by atoms with van der Waals surface area (Å²) in [6.45, 7) is 0. The van der Waals surface area contributed by atoms with E-state index in [2.05, 4.69) is 4.99 Å². The van der Waals surface area contributed by atoms with E-state index in [4.69, 9.17) is 20.0 Å². The number of carbonyl (C=O) groups excluding carboxylic acids is 1. The van der Waals surface area contributed by atoms with E-state index in [1.54, 1.807) is 37.4 Å². The van der Waals surface area contributed by atoms with E-state index in [1.165, 1.54) is 50.3 Å². The second kappa shape index (κ2) is 7.20. The highest BCUT2D eigenvalue weighted by atomic mass is 32.2. The topological polar surface area (TPSA) is 87.3 Å². The molecule has 4 bridgehead atoms. The number of hydrazone groups is 1. The van der Waals surface area contributed by atoms with Crippen LogP contribution in [0.4, 0.5) is 0 Å². The Kier molecular flexibility index (Phi) is 4.51. The summed E-state index contributed by atoms with van der Waals surface area (Å²) in [5.41, 5.74) is 1.10. The highest BCUT2D eigenvalue weighted by Gasteiger charge is 2.55. The molecule has 0 spiro atoms. The van der Waals surface area contributed by atoms with Gasteiger partial charge < -0.3 is 9.47 Å². The van der Waals surface area contributed by atoms with Crippen LogP contribution in [0.25, 0.3) is 6.08 Å². The second-order valence-corrected chi connectivity index (χ2v) is 10.7. The van der Waals surface area contributed by atoms with Crippen molar-refractivity contribution >= 4 is 39.8 Å². The van der Waals surface area contributed by atoms with Crippen molar-refractivity contribution in [3.63, 3.8) is 0 Å². The lowest BCUT2D eigenvalue weighted by atomic mass is 9.50. The normalized spacial score (nSPS) is 34.0. The lowest BCUT2D eigenvalue weighted by molar-refractivity contribution is -0.114. The highest BCUT2D eigenvalue weighted by Crippen LogP contribution is 2.62. The van der Waals surface area contributed by atoms with E-state index in [0.29, 0.717) is 16.7 Å². The Morgan fingerprint density at radius 2 is 1.75 bits per heavy atom. The fraction of sp³-hybridized carbons (Fsp3) is 0.500. The molecule has 0 radical (unpaired) electrons. The minimum absolute atomic E-state index is 0.0852. The van der Waals surface area contributed by atoms with Gasteiger partial charge in [-0.05, 0) is 91.8 Å². The number of thioether (sulfide) groups is 1. The molecule has 7 rings (SSSR count). The molecule has 4 fully saturated rings. The molecule has 1 aromatic carbocycles. The molecule has 2 aliphatic heterocycles. The quantitative estimate of drug-likeness (QED) is 0.681. The molecule has 1 N–H and O–H groups in total. The van der Waals surface area contributed by atoms with E-state index < -0.39 is 5.91 Å². The smallest absolute Gasteiger partial charge is 0.283 e. The van der Waals surface area contributed by atoms with Gasteiger partial charge in [0.2, 0.25) is 5.17 Å². The SMILES string of the molecule is COc1ccc(C=C2C(=N)N3N=C(C45CC6CC(CC(C6)C4)C5)SC3=NC2=O)cc1OC. The number of methoxy groups -OCH3 is 2. The molecule has 0 atom stereocenters. The number of fused-ring (bicyclic) bond motifs is 1. The number of benzene rings is 1. The Bertz CT molecular complexity index is 1090. The number of ether oxygens (including phenoxy) is 2. The maximum Gasteiger partial charge on any atom is 0.283 e. The Hall–Kier alpha value is -2.61. The molecular formula is C24H26N4O3S. The van der Waals surface area contributed by atoms with Gasteiger partial charge in [0.15, 0.2) is 17.3 Å². The standard InChI is InChI=1S/C24H26N4O3S/c1-30-18-4-3-13(9-19(18)31-2)8-17-20(25)28-23(26-21(17)29)32-22(27-28)24-10-14-5-15(11-24)7-16(6-14)12-24/h3-4,8-9,14-16,25H,5-7,10-12H2,1-2H3. The van der Waals surface area contributed by atoms with Crippen molar-refractivity contribution in [1.82, 2.24) is 5.01 Å². The summed E-state index contributed by atoms with van der Waals surface area (Å²) in [6, 6.07) is 5.40. The fourth-order valence-electron chi connectivity index (χ4n) is 6.69. The fourth-order valence-corrected chi connectivity index (χ4v) is 7.80. The van der Waals surface area contributed by atoms with Crippen molar-refractivity contribution in [3.8, 4) is 11.5 Å². The molecule has 4 saturated carbocycles. The average molecular weight is 451 g/mol. The van der Waals surface area contributed by atoms with Gasteiger partial charge in [-0.25, -0.2) is 0 Å². The first-order valence-electron chi connectivity index (χ1n) is 11.2. The number of aliphatic imine (C=N–C) groups is 1. The van der Waals surface area contributed by atoms with Crippen LogP contribution >= 0.6 is 11.8 Å². The van der Waals surface area contributed by atoms with Gasteiger partial charge in [-0.2, -0.15) is 15.1 Å². The van der Waals surface area contributed by atoms with Crippen molar-refractivity contribution in [1.29, 1.82) is 5.41 Å². The van der Waals surface area contributed by atoms with Gasteiger partial charge in [-0.15, -0.1) is 0 Å². The molecule has 0 unspecified atom stereocenters. The Morgan fingerprint density at radius 1 is 1.09 bits per heavy atom. The number of nitrogens with zero attached hydrogens (tertiary/aromatic N) is 3. The van der Waals surface area contributed by atoms with Gasteiger partial charge >= 0.3 is 0 Å². The molecule has 1 aromatic rings. The second-order valence-electron chi connectivity index (χ2n) is 9.74. The maximum atomic E-state index is 12.8. The summed E-state index contributed by atoms with van der Waals surface area (Å²) in [5.74, 6) is 3.30. The van der Waals surface area contributed by atoms with Crippen LogP contribution in [0.5, 0.6) is 11.5 Å². The first kappa shape index (κ1) is 20.0. The lowest BCUT2D eigenvalue weighted by Crippen LogP contribution is -2.49. The monoisotopic (exact) mass is 450 g/mol. The van der Waals surface area contributed by atoms with E-state index >= 15 is 0 Å². The van der Waals surface area contributed by atoms with Crippen LogP contribution < -0.4 is 9.47 Å². The molecule has 1 amide bonds. The number of amidine groups is 2. The van der Waals surface area contributed by atoms with Crippen molar-refractivity contribution < 1.29 is 14.3 Å². The first-order valence-corrected chi connectivity index (χ1v) is 12.0. The van der Waals surface area contributed by atoms with Crippen LogP contribution in [-0.2, 0) is 4.79 Å². The predicted octanol–water partition coefficient (Wildman–Crippen LogP) is 4.54. The zero-order chi connectivity index (χ0) is 22.0. The van der Waals surface area contributed by atoms with Gasteiger partial charge in [0.25, 0.3) is 5.91 Å². The molecule has 2 heterocycles. The first-order chi connectivity index (χ1) is 15.5. The van der Waals surface area contributed by atoms with Crippen molar-refractivity contribution in [3.05, 3.63) is 29.3 Å². The van der Waals surface area contributed by atoms with E-state index in [9.17, 15) is 4.79 Å². The molecule has 6 aliphatic rings. The van der Waals surface area contributed by atoms with Gasteiger partial charge in [-0.3, -0.25) is 10.2 Å². The van der Waals surface area contributed by atoms with Crippen molar-refractivity contribution in [2.75, 3.05) is 14.2 Å². The summed E-state index contributed by atoms with van der Waals surface area (Å²) in [5, 5.41) is 16.8. The largest absolute Gasteiger partial charge is 0.493 e. The summed E-state index contributed by atoms with van der Waals surface area (Å²) in [6.07, 6.45) is 9.37. The summed E-state index contributed by atoms with van der Waals surface area (Å²) in [7, 11) is 3.15. The lowest BCUT2D eigenvalue weighted by Gasteiger charge is -2.56. The number of hydrogen-bond acceptors (Lipinski definition) is 6. The molecule has 4 aliphatic carbocycles. The maximum absolute atomic E-state index is 12.8. The van der Waals surface area contributed by atoms with Gasteiger partial charge in [0.1, 0.15) is 5.04 Å². The number of carbonyl (C=O) groups is 1.